The number of hydrogen-bond donors (Lipinski definition) is 1. The van der Waals surface area contributed by atoms with E-state index in [0.717, 1.165) is 17.9 Å². The van der Waals surface area contributed by atoms with E-state index in [9.17, 15) is 4.79 Å². The Morgan fingerprint density at radius 2 is 2.29 bits per heavy atom. The Labute approximate surface area is 105 Å². The summed E-state index contributed by atoms with van der Waals surface area (Å²) in [4.78, 5) is 21.4. The fourth-order valence-electron chi connectivity index (χ4n) is 1.92. The van der Waals surface area contributed by atoms with Crippen LogP contribution in [0.2, 0.25) is 0 Å². The second-order valence-electron chi connectivity index (χ2n) is 4.02. The molecule has 1 aliphatic carbocycles. The van der Waals surface area contributed by atoms with Crippen LogP contribution in [0.3, 0.4) is 0 Å². The molecule has 1 aromatic heterocycles. The highest BCUT2D eigenvalue weighted by molar-refractivity contribution is 7.98. The first-order chi connectivity index (χ1) is 8.31. The lowest BCUT2D eigenvalue weighted by Gasteiger charge is -2.12. The van der Waals surface area contributed by atoms with Crippen LogP contribution in [0.1, 0.15) is 36.0 Å². The second kappa shape index (κ2) is 6.02. The maximum Gasteiger partial charge on any atom is 0.277 e. The van der Waals surface area contributed by atoms with Gasteiger partial charge in [0.05, 0.1) is 11.7 Å². The molecule has 0 aromatic carbocycles. The minimum atomic E-state index is -0.214. The quantitative estimate of drug-likeness (QED) is 0.660. The summed E-state index contributed by atoms with van der Waals surface area (Å²) < 4.78 is 0. The van der Waals surface area contributed by atoms with Crippen LogP contribution in [0.15, 0.2) is 23.4 Å². The molecule has 0 saturated heterocycles. The second-order valence-corrected chi connectivity index (χ2v) is 4.81. The number of hydrogen-bond acceptors (Lipinski definition) is 4. The van der Waals surface area contributed by atoms with Gasteiger partial charge in [-0.05, 0) is 31.2 Å². The molecule has 0 unspecified atom stereocenters. The van der Waals surface area contributed by atoms with E-state index in [1.807, 2.05) is 6.26 Å². The van der Waals surface area contributed by atoms with Gasteiger partial charge < -0.3 is 0 Å². The third-order valence-electron chi connectivity index (χ3n) is 2.83. The molecule has 2 rings (SSSR count). The normalized spacial score (nSPS) is 16.1. The number of aromatic nitrogens is 1. The van der Waals surface area contributed by atoms with E-state index < -0.39 is 0 Å². The van der Waals surface area contributed by atoms with Crippen molar-refractivity contribution in [2.45, 2.75) is 36.8 Å². The molecule has 17 heavy (non-hydrogen) atoms. The SMILES string of the molecule is CSc1ncccc1C(=O)NOC1CCCC1. The molecule has 1 heterocycles. The number of hydroxylamine groups is 1. The molecule has 1 amide bonds. The molecule has 0 bridgehead atoms. The highest BCUT2D eigenvalue weighted by atomic mass is 32.2. The molecule has 1 fully saturated rings. The van der Waals surface area contributed by atoms with Crippen LogP contribution in [0.5, 0.6) is 0 Å². The third-order valence-corrected chi connectivity index (χ3v) is 3.54. The van der Waals surface area contributed by atoms with Crippen molar-refractivity contribution in [3.8, 4) is 0 Å². The predicted molar refractivity (Wildman–Crippen MR) is 66.8 cm³/mol. The fourth-order valence-corrected chi connectivity index (χ4v) is 2.47. The molecule has 1 aromatic rings. The van der Waals surface area contributed by atoms with Crippen LogP contribution in [0.4, 0.5) is 0 Å². The number of pyridine rings is 1. The number of nitrogens with one attached hydrogen (secondary N) is 1. The van der Waals surface area contributed by atoms with Crippen LogP contribution in [0.25, 0.3) is 0 Å². The zero-order valence-electron chi connectivity index (χ0n) is 9.81. The fraction of sp³-hybridized carbons (Fsp3) is 0.500. The van der Waals surface area contributed by atoms with Gasteiger partial charge in [0.2, 0.25) is 0 Å². The first-order valence-corrected chi connectivity index (χ1v) is 6.98. The zero-order chi connectivity index (χ0) is 12.1. The van der Waals surface area contributed by atoms with Crippen molar-refractivity contribution >= 4 is 17.7 Å². The zero-order valence-corrected chi connectivity index (χ0v) is 10.6. The Balaban J connectivity index is 1.94. The van der Waals surface area contributed by atoms with Crippen LogP contribution in [0, 0.1) is 0 Å². The van der Waals surface area contributed by atoms with Crippen LogP contribution in [-0.2, 0) is 4.84 Å². The third kappa shape index (κ3) is 3.20. The highest BCUT2D eigenvalue weighted by Gasteiger charge is 2.18. The number of amides is 1. The van der Waals surface area contributed by atoms with Gasteiger partial charge in [0.1, 0.15) is 5.03 Å². The van der Waals surface area contributed by atoms with Gasteiger partial charge in [-0.25, -0.2) is 10.5 Å². The minimum absolute atomic E-state index is 0.174. The summed E-state index contributed by atoms with van der Waals surface area (Å²) in [7, 11) is 0. The first kappa shape index (κ1) is 12.4. The van der Waals surface area contributed by atoms with E-state index in [0.29, 0.717) is 5.56 Å². The Morgan fingerprint density at radius 3 is 3.00 bits per heavy atom. The van der Waals surface area contributed by atoms with Crippen molar-refractivity contribution in [2.75, 3.05) is 6.26 Å². The van der Waals surface area contributed by atoms with Gasteiger partial charge in [-0.2, -0.15) is 0 Å². The van der Waals surface area contributed by atoms with E-state index in [2.05, 4.69) is 10.5 Å². The molecule has 1 N–H and O–H groups in total. The van der Waals surface area contributed by atoms with Crippen molar-refractivity contribution in [1.82, 2.24) is 10.5 Å². The van der Waals surface area contributed by atoms with Gasteiger partial charge in [0.15, 0.2) is 0 Å². The predicted octanol–water partition coefficient (Wildman–Crippen LogP) is 2.41. The molecule has 0 spiro atoms. The Morgan fingerprint density at radius 1 is 1.53 bits per heavy atom. The number of carbonyl (C=O) groups excluding carboxylic acids is 1. The van der Waals surface area contributed by atoms with Crippen molar-refractivity contribution in [3.63, 3.8) is 0 Å². The molecule has 5 heteroatoms. The Hall–Kier alpha value is -1.07. The van der Waals surface area contributed by atoms with Gasteiger partial charge in [-0.3, -0.25) is 9.63 Å². The molecular weight excluding hydrogens is 236 g/mol. The van der Waals surface area contributed by atoms with Gasteiger partial charge in [-0.15, -0.1) is 11.8 Å². The van der Waals surface area contributed by atoms with E-state index in [4.69, 9.17) is 4.84 Å². The van der Waals surface area contributed by atoms with E-state index in [-0.39, 0.29) is 12.0 Å². The number of rotatable bonds is 4. The number of carbonyl (C=O) groups is 1. The minimum Gasteiger partial charge on any atom is -0.270 e. The topological polar surface area (TPSA) is 51.2 Å². The molecule has 0 radical (unpaired) electrons. The van der Waals surface area contributed by atoms with Crippen molar-refractivity contribution in [1.29, 1.82) is 0 Å². The van der Waals surface area contributed by atoms with Gasteiger partial charge in [0.25, 0.3) is 5.91 Å². The molecule has 0 atom stereocenters. The standard InChI is InChI=1S/C12H16N2O2S/c1-17-12-10(7-4-8-13-12)11(15)14-16-9-5-2-3-6-9/h4,7-9H,2-3,5-6H2,1H3,(H,14,15). The number of thioether (sulfide) groups is 1. The molecule has 1 saturated carbocycles. The van der Waals surface area contributed by atoms with Crippen molar-refractivity contribution in [2.24, 2.45) is 0 Å². The van der Waals surface area contributed by atoms with Gasteiger partial charge in [-0.1, -0.05) is 12.8 Å². The average Bonchev–Trinajstić information content (AvgIpc) is 2.89. The van der Waals surface area contributed by atoms with Crippen molar-refractivity contribution < 1.29 is 9.63 Å². The Bertz CT molecular complexity index is 392. The van der Waals surface area contributed by atoms with Crippen LogP contribution >= 0.6 is 11.8 Å². The van der Waals surface area contributed by atoms with Gasteiger partial charge >= 0.3 is 0 Å². The first-order valence-electron chi connectivity index (χ1n) is 5.76. The van der Waals surface area contributed by atoms with Crippen LogP contribution < -0.4 is 5.48 Å². The molecule has 0 aliphatic heterocycles. The molecule has 92 valence electrons. The molecular formula is C12H16N2O2S. The van der Waals surface area contributed by atoms with Crippen molar-refractivity contribution in [3.05, 3.63) is 23.9 Å². The van der Waals surface area contributed by atoms with Gasteiger partial charge in [0, 0.05) is 6.20 Å². The van der Waals surface area contributed by atoms with E-state index in [1.54, 1.807) is 18.3 Å². The number of nitrogens with zero attached hydrogens (tertiary/aromatic N) is 1. The average molecular weight is 252 g/mol. The van der Waals surface area contributed by atoms with E-state index in [1.165, 1.54) is 24.6 Å². The molecule has 1 aliphatic rings. The maximum absolute atomic E-state index is 11.9. The summed E-state index contributed by atoms with van der Waals surface area (Å²) in [6.07, 6.45) is 8.18. The largest absolute Gasteiger partial charge is 0.277 e. The summed E-state index contributed by atoms with van der Waals surface area (Å²) in [6.45, 7) is 0. The Kier molecular flexibility index (Phi) is 4.39. The summed E-state index contributed by atoms with van der Waals surface area (Å²) >= 11 is 1.45. The lowest BCUT2D eigenvalue weighted by molar-refractivity contribution is -0.0127. The lowest BCUT2D eigenvalue weighted by Crippen LogP contribution is -2.28. The monoisotopic (exact) mass is 252 g/mol. The smallest absolute Gasteiger partial charge is 0.270 e. The summed E-state index contributed by atoms with van der Waals surface area (Å²) in [5.41, 5.74) is 3.09. The summed E-state index contributed by atoms with van der Waals surface area (Å²) in [5.74, 6) is -0.214. The molecule has 4 nitrogen and oxygen atoms in total. The summed E-state index contributed by atoms with van der Waals surface area (Å²) in [6, 6.07) is 3.51. The summed E-state index contributed by atoms with van der Waals surface area (Å²) in [5, 5.41) is 0.722. The van der Waals surface area contributed by atoms with Crippen LogP contribution in [-0.4, -0.2) is 23.3 Å². The lowest BCUT2D eigenvalue weighted by atomic mass is 10.3. The van der Waals surface area contributed by atoms with E-state index >= 15 is 0 Å². The maximum atomic E-state index is 11.9. The highest BCUT2D eigenvalue weighted by Crippen LogP contribution is 2.20.